The summed E-state index contributed by atoms with van der Waals surface area (Å²) in [6.45, 7) is 5.03. The normalized spacial score (nSPS) is 17.4. The number of fused-ring (bicyclic) bond motifs is 2. The lowest BCUT2D eigenvalue weighted by Gasteiger charge is -2.34. The molecule has 162 valence electrons. The second-order valence-corrected chi connectivity index (χ2v) is 7.91. The fraction of sp³-hybridized carbons (Fsp3) is 0.348. The molecule has 1 unspecified atom stereocenters. The van der Waals surface area contributed by atoms with Crippen molar-refractivity contribution in [1.29, 1.82) is 0 Å². The number of pyridine rings is 2. The van der Waals surface area contributed by atoms with E-state index in [0.29, 0.717) is 22.6 Å². The van der Waals surface area contributed by atoms with Gasteiger partial charge >= 0.3 is 0 Å². The Balaban J connectivity index is 0.00000231. The Bertz CT molecular complexity index is 1140. The minimum absolute atomic E-state index is 0. The van der Waals surface area contributed by atoms with Crippen molar-refractivity contribution >= 4 is 40.7 Å². The summed E-state index contributed by atoms with van der Waals surface area (Å²) in [5, 5.41) is 4.25. The highest BCUT2D eigenvalue weighted by Gasteiger charge is 2.27. The van der Waals surface area contributed by atoms with Crippen molar-refractivity contribution in [1.82, 2.24) is 14.9 Å². The molecule has 2 aliphatic heterocycles. The van der Waals surface area contributed by atoms with Crippen molar-refractivity contribution in [2.75, 3.05) is 18.7 Å². The molecular formula is C23H25ClN4O3. The van der Waals surface area contributed by atoms with Gasteiger partial charge in [0.2, 0.25) is 6.79 Å². The van der Waals surface area contributed by atoms with E-state index < -0.39 is 0 Å². The van der Waals surface area contributed by atoms with Crippen molar-refractivity contribution in [3.63, 3.8) is 0 Å². The van der Waals surface area contributed by atoms with Gasteiger partial charge in [-0.3, -0.25) is 4.79 Å². The van der Waals surface area contributed by atoms with Gasteiger partial charge in [0.05, 0.1) is 11.3 Å². The molecule has 1 atom stereocenters. The Labute approximate surface area is 187 Å². The maximum absolute atomic E-state index is 13.5. The van der Waals surface area contributed by atoms with E-state index >= 15 is 0 Å². The largest absolute Gasteiger partial charge is 0.454 e. The molecule has 1 saturated heterocycles. The Morgan fingerprint density at radius 3 is 2.84 bits per heavy atom. The van der Waals surface area contributed by atoms with Crippen molar-refractivity contribution in [3.8, 4) is 11.5 Å². The highest BCUT2D eigenvalue weighted by Crippen LogP contribution is 2.37. The standard InChI is InChI=1S/C23H24N4O3.ClH/c1-14-6-8-17-21(26-16-7-9-19-20(11-16)30-13-29-19)18(12-24-22(17)25-14)23(28)27-10-4-3-5-15(27)2;/h6-9,11-12,15H,3-5,10,13H2,1-2H3,(H,24,25,26);1H. The number of aryl methyl sites for hydroxylation is 1. The molecule has 5 rings (SSSR count). The number of likely N-dealkylation sites (tertiary alicyclic amines) is 1. The monoisotopic (exact) mass is 440 g/mol. The lowest BCUT2D eigenvalue weighted by Crippen LogP contribution is -2.42. The number of benzene rings is 1. The summed E-state index contributed by atoms with van der Waals surface area (Å²) < 4.78 is 10.9. The molecule has 0 spiro atoms. The molecule has 1 aromatic carbocycles. The van der Waals surface area contributed by atoms with Crippen LogP contribution in [0.25, 0.3) is 11.0 Å². The molecule has 0 saturated carbocycles. The summed E-state index contributed by atoms with van der Waals surface area (Å²) in [5.74, 6) is 1.40. The van der Waals surface area contributed by atoms with Gasteiger partial charge in [0, 0.05) is 41.6 Å². The first-order valence-electron chi connectivity index (χ1n) is 10.3. The summed E-state index contributed by atoms with van der Waals surface area (Å²) in [5.41, 5.74) is 3.58. The minimum atomic E-state index is 0. The van der Waals surface area contributed by atoms with Crippen LogP contribution in [0.15, 0.2) is 36.5 Å². The smallest absolute Gasteiger partial charge is 0.257 e. The highest BCUT2D eigenvalue weighted by molar-refractivity contribution is 6.07. The predicted octanol–water partition coefficient (Wildman–Crippen LogP) is 4.85. The number of halogens is 1. The van der Waals surface area contributed by atoms with E-state index in [-0.39, 0.29) is 31.1 Å². The third kappa shape index (κ3) is 3.97. The number of carbonyl (C=O) groups excluding carboxylic acids is 1. The number of piperidine rings is 1. The summed E-state index contributed by atoms with van der Waals surface area (Å²) in [6.07, 6.45) is 4.86. The van der Waals surface area contributed by atoms with Crippen LogP contribution in [0.2, 0.25) is 0 Å². The van der Waals surface area contributed by atoms with Gasteiger partial charge in [0.15, 0.2) is 17.1 Å². The van der Waals surface area contributed by atoms with Gasteiger partial charge in [0.25, 0.3) is 5.91 Å². The molecule has 2 aromatic heterocycles. The minimum Gasteiger partial charge on any atom is -0.454 e. The van der Waals surface area contributed by atoms with E-state index in [0.717, 1.165) is 48.3 Å². The van der Waals surface area contributed by atoms with Gasteiger partial charge in [-0.2, -0.15) is 0 Å². The number of amides is 1. The number of ether oxygens (including phenoxy) is 2. The molecule has 7 nitrogen and oxygen atoms in total. The van der Waals surface area contributed by atoms with Gasteiger partial charge in [-0.15, -0.1) is 12.4 Å². The number of carbonyl (C=O) groups is 1. The zero-order valence-corrected chi connectivity index (χ0v) is 18.4. The first kappa shape index (κ1) is 21.2. The van der Waals surface area contributed by atoms with E-state index in [2.05, 4.69) is 22.2 Å². The summed E-state index contributed by atoms with van der Waals surface area (Å²) in [6, 6.07) is 9.79. The van der Waals surface area contributed by atoms with Crippen LogP contribution in [0, 0.1) is 6.92 Å². The molecule has 1 N–H and O–H groups in total. The molecule has 31 heavy (non-hydrogen) atoms. The van der Waals surface area contributed by atoms with Gasteiger partial charge in [-0.05, 0) is 57.4 Å². The zero-order chi connectivity index (χ0) is 20.7. The fourth-order valence-corrected chi connectivity index (χ4v) is 4.14. The van der Waals surface area contributed by atoms with Crippen molar-refractivity contribution in [2.24, 2.45) is 0 Å². The molecule has 4 heterocycles. The average Bonchev–Trinajstić information content (AvgIpc) is 3.21. The molecule has 1 fully saturated rings. The first-order valence-corrected chi connectivity index (χ1v) is 10.3. The van der Waals surface area contributed by atoms with Crippen LogP contribution < -0.4 is 14.8 Å². The lowest BCUT2D eigenvalue weighted by atomic mass is 10.0. The van der Waals surface area contributed by atoms with Crippen LogP contribution in [-0.4, -0.2) is 40.2 Å². The predicted molar refractivity (Wildman–Crippen MR) is 122 cm³/mol. The molecule has 8 heteroatoms. The number of nitrogens with zero attached hydrogens (tertiary/aromatic N) is 3. The topological polar surface area (TPSA) is 76.6 Å². The molecule has 0 radical (unpaired) electrons. The number of nitrogens with one attached hydrogen (secondary N) is 1. The van der Waals surface area contributed by atoms with E-state index in [9.17, 15) is 4.79 Å². The number of aromatic nitrogens is 2. The molecule has 0 aliphatic carbocycles. The van der Waals surface area contributed by atoms with Crippen LogP contribution in [0.5, 0.6) is 11.5 Å². The Morgan fingerprint density at radius 2 is 2.00 bits per heavy atom. The number of hydrogen-bond acceptors (Lipinski definition) is 6. The molecule has 1 amide bonds. The molecule has 3 aromatic rings. The van der Waals surface area contributed by atoms with Gasteiger partial charge in [-0.1, -0.05) is 0 Å². The highest BCUT2D eigenvalue weighted by atomic mass is 35.5. The Hall–Kier alpha value is -3.06. The second kappa shape index (κ2) is 8.59. The fourth-order valence-electron chi connectivity index (χ4n) is 4.14. The van der Waals surface area contributed by atoms with Crippen molar-refractivity contribution in [2.45, 2.75) is 39.2 Å². The van der Waals surface area contributed by atoms with Gasteiger partial charge in [-0.25, -0.2) is 9.97 Å². The van der Waals surface area contributed by atoms with Crippen LogP contribution in [0.1, 0.15) is 42.2 Å². The first-order chi connectivity index (χ1) is 14.6. The zero-order valence-electron chi connectivity index (χ0n) is 17.6. The van der Waals surface area contributed by atoms with Gasteiger partial charge in [0.1, 0.15) is 0 Å². The van der Waals surface area contributed by atoms with Crippen molar-refractivity contribution < 1.29 is 14.3 Å². The maximum atomic E-state index is 13.5. The molecule has 0 bridgehead atoms. The van der Waals surface area contributed by atoms with E-state index in [1.165, 1.54) is 0 Å². The summed E-state index contributed by atoms with van der Waals surface area (Å²) in [4.78, 5) is 24.5. The number of hydrogen-bond donors (Lipinski definition) is 1. The number of anilines is 2. The van der Waals surface area contributed by atoms with E-state index in [4.69, 9.17) is 9.47 Å². The Morgan fingerprint density at radius 1 is 1.16 bits per heavy atom. The molecular weight excluding hydrogens is 416 g/mol. The maximum Gasteiger partial charge on any atom is 0.257 e. The van der Waals surface area contributed by atoms with Crippen LogP contribution in [0.3, 0.4) is 0 Å². The van der Waals surface area contributed by atoms with Crippen LogP contribution in [0.4, 0.5) is 11.4 Å². The quantitative estimate of drug-likeness (QED) is 0.627. The van der Waals surface area contributed by atoms with Crippen LogP contribution >= 0.6 is 12.4 Å². The third-order valence-corrected chi connectivity index (χ3v) is 5.81. The number of rotatable bonds is 3. The van der Waals surface area contributed by atoms with Gasteiger partial charge < -0.3 is 19.7 Å². The lowest BCUT2D eigenvalue weighted by molar-refractivity contribution is 0.0636. The molecule has 2 aliphatic rings. The van der Waals surface area contributed by atoms with Crippen LogP contribution in [-0.2, 0) is 0 Å². The second-order valence-electron chi connectivity index (χ2n) is 7.91. The van der Waals surface area contributed by atoms with E-state index in [1.807, 2.05) is 42.2 Å². The Kier molecular flexibility index (Phi) is 5.87. The summed E-state index contributed by atoms with van der Waals surface area (Å²) in [7, 11) is 0. The third-order valence-electron chi connectivity index (χ3n) is 5.81. The SMILES string of the molecule is Cc1ccc2c(Nc3ccc4c(c3)OCO4)c(C(=O)N3CCCCC3C)cnc2n1.Cl. The van der Waals surface area contributed by atoms with Crippen molar-refractivity contribution in [3.05, 3.63) is 47.8 Å². The average molecular weight is 441 g/mol. The summed E-state index contributed by atoms with van der Waals surface area (Å²) >= 11 is 0. The van der Waals surface area contributed by atoms with E-state index in [1.54, 1.807) is 6.20 Å².